The highest BCUT2D eigenvalue weighted by Crippen LogP contribution is 2.16. The van der Waals surface area contributed by atoms with Crippen LogP contribution >= 0.6 is 0 Å². The molecule has 23 heavy (non-hydrogen) atoms. The van der Waals surface area contributed by atoms with Crippen LogP contribution in [0.25, 0.3) is 0 Å². The van der Waals surface area contributed by atoms with E-state index in [4.69, 9.17) is 10.00 Å². The fourth-order valence-corrected chi connectivity index (χ4v) is 3.44. The lowest BCUT2D eigenvalue weighted by Gasteiger charge is -2.33. The molecule has 0 aromatic carbocycles. The van der Waals surface area contributed by atoms with Crippen LogP contribution in [0, 0.1) is 11.3 Å². The third-order valence-corrected chi connectivity index (χ3v) is 5.17. The number of carbonyl (C=O) groups excluding carboxylic acids is 1. The molecule has 1 saturated heterocycles. The van der Waals surface area contributed by atoms with E-state index in [1.165, 1.54) is 21.5 Å². The van der Waals surface area contributed by atoms with Crippen LogP contribution in [0.4, 0.5) is 0 Å². The second-order valence-electron chi connectivity index (χ2n) is 4.72. The molecule has 1 aromatic rings. The summed E-state index contributed by atoms with van der Waals surface area (Å²) in [7, 11) is -3.63. The summed E-state index contributed by atoms with van der Waals surface area (Å²) in [6.45, 7) is 2.82. The number of nitrogens with one attached hydrogen (secondary N) is 1. The van der Waals surface area contributed by atoms with Gasteiger partial charge in [0.15, 0.2) is 10.6 Å². The summed E-state index contributed by atoms with van der Waals surface area (Å²) in [4.78, 5) is 13.6. The minimum atomic E-state index is -3.63. The van der Waals surface area contributed by atoms with Crippen molar-refractivity contribution in [1.82, 2.24) is 19.4 Å². The summed E-state index contributed by atoms with van der Waals surface area (Å²) in [6.07, 6.45) is 2.50. The molecule has 1 amide bonds. The number of piperazine rings is 1. The summed E-state index contributed by atoms with van der Waals surface area (Å²) in [5.41, 5.74) is -0.100. The van der Waals surface area contributed by atoms with Gasteiger partial charge in [-0.1, -0.05) is 0 Å². The number of rotatable bonds is 5. The fourth-order valence-electron chi connectivity index (χ4n) is 2.12. The second kappa shape index (κ2) is 7.26. The maximum atomic E-state index is 12.3. The van der Waals surface area contributed by atoms with Gasteiger partial charge in [0.2, 0.25) is 0 Å². The van der Waals surface area contributed by atoms with Crippen LogP contribution in [0.15, 0.2) is 29.1 Å². The molecule has 0 saturated carbocycles. The monoisotopic (exact) mass is 339 g/mol. The molecule has 124 valence electrons. The zero-order valence-corrected chi connectivity index (χ0v) is 13.4. The maximum Gasteiger partial charge on any atom is 0.267 e. The van der Waals surface area contributed by atoms with Crippen molar-refractivity contribution in [2.24, 2.45) is 0 Å². The molecule has 1 aromatic heterocycles. The van der Waals surface area contributed by atoms with Gasteiger partial charge < -0.3 is 9.64 Å². The van der Waals surface area contributed by atoms with Gasteiger partial charge in [-0.15, -0.1) is 0 Å². The van der Waals surface area contributed by atoms with E-state index in [1.54, 1.807) is 13.0 Å². The Morgan fingerprint density at radius 1 is 1.48 bits per heavy atom. The number of amides is 1. The van der Waals surface area contributed by atoms with Crippen LogP contribution in [0.5, 0.6) is 0 Å². The Kier molecular flexibility index (Phi) is 5.36. The van der Waals surface area contributed by atoms with Crippen LogP contribution in [0.1, 0.15) is 6.92 Å². The third kappa shape index (κ3) is 3.69. The molecule has 0 radical (unpaired) electrons. The maximum absolute atomic E-state index is 12.3. The van der Waals surface area contributed by atoms with Gasteiger partial charge in [0.1, 0.15) is 12.3 Å². The summed E-state index contributed by atoms with van der Waals surface area (Å²) in [6, 6.07) is 3.18. The molecule has 0 bridgehead atoms. The van der Waals surface area contributed by atoms with Crippen molar-refractivity contribution in [2.75, 3.05) is 32.8 Å². The van der Waals surface area contributed by atoms with Crippen molar-refractivity contribution in [3.05, 3.63) is 24.1 Å². The third-order valence-electron chi connectivity index (χ3n) is 3.34. The number of sulfonamides is 1. The number of nitriles is 1. The lowest BCUT2D eigenvalue weighted by Crippen LogP contribution is -2.50. The highest BCUT2D eigenvalue weighted by Gasteiger charge is 2.31. The zero-order chi connectivity index (χ0) is 16.9. The summed E-state index contributed by atoms with van der Waals surface area (Å²) < 4.78 is 30.9. The Balaban J connectivity index is 2.01. The molecule has 9 nitrogen and oxygen atoms in total. The Morgan fingerprint density at radius 2 is 2.17 bits per heavy atom. The second-order valence-corrected chi connectivity index (χ2v) is 6.62. The van der Waals surface area contributed by atoms with E-state index in [1.807, 2.05) is 0 Å². The SMILES string of the molecule is CCOC=C(C#N)C(=O)N1CCN(S(=O)(=O)c2ccn[nH]2)CC1. The Morgan fingerprint density at radius 3 is 2.70 bits per heavy atom. The highest BCUT2D eigenvalue weighted by atomic mass is 32.2. The highest BCUT2D eigenvalue weighted by molar-refractivity contribution is 7.89. The van der Waals surface area contributed by atoms with E-state index in [9.17, 15) is 13.2 Å². The van der Waals surface area contributed by atoms with Crippen molar-refractivity contribution in [3.63, 3.8) is 0 Å². The molecule has 1 aliphatic rings. The smallest absolute Gasteiger partial charge is 0.267 e. The molecule has 1 aliphatic heterocycles. The number of hydrogen-bond acceptors (Lipinski definition) is 6. The van der Waals surface area contributed by atoms with Gasteiger partial charge in [0, 0.05) is 26.2 Å². The average molecular weight is 339 g/mol. The Hall–Kier alpha value is -2.38. The van der Waals surface area contributed by atoms with E-state index in [2.05, 4.69) is 10.2 Å². The van der Waals surface area contributed by atoms with Crippen LogP contribution in [0.2, 0.25) is 0 Å². The summed E-state index contributed by atoms with van der Waals surface area (Å²) in [5.74, 6) is -0.459. The molecule has 0 spiro atoms. The van der Waals surface area contributed by atoms with E-state index >= 15 is 0 Å². The van der Waals surface area contributed by atoms with Crippen molar-refractivity contribution < 1.29 is 17.9 Å². The fraction of sp³-hybridized carbons (Fsp3) is 0.462. The molecule has 0 unspecified atom stereocenters. The largest absolute Gasteiger partial charge is 0.500 e. The molecule has 0 aliphatic carbocycles. The standard InChI is InChI=1S/C13H17N5O4S/c1-2-22-10-11(9-14)13(19)17-5-7-18(8-6-17)23(20,21)12-3-4-15-16-12/h3-4,10H,2,5-8H2,1H3,(H,15,16). The molecule has 1 N–H and O–H groups in total. The quantitative estimate of drug-likeness (QED) is 0.446. The molecular formula is C13H17N5O4S. The predicted octanol–water partition coefficient (Wildman–Crippen LogP) is -0.313. The molecule has 1 fully saturated rings. The first kappa shape index (κ1) is 17.0. The van der Waals surface area contributed by atoms with Gasteiger partial charge >= 0.3 is 0 Å². The van der Waals surface area contributed by atoms with Crippen molar-refractivity contribution in [3.8, 4) is 6.07 Å². The Bertz CT molecular complexity index is 712. The molecule has 0 atom stereocenters. The van der Waals surface area contributed by atoms with E-state index in [-0.39, 0.29) is 36.8 Å². The van der Waals surface area contributed by atoms with E-state index < -0.39 is 15.9 Å². The first-order valence-corrected chi connectivity index (χ1v) is 8.45. The van der Waals surface area contributed by atoms with Crippen LogP contribution in [-0.2, 0) is 19.6 Å². The van der Waals surface area contributed by atoms with Gasteiger partial charge in [0.25, 0.3) is 15.9 Å². The average Bonchev–Trinajstić information content (AvgIpc) is 3.11. The number of nitrogens with zero attached hydrogens (tertiary/aromatic N) is 4. The summed E-state index contributed by atoms with van der Waals surface area (Å²) in [5, 5.41) is 15.1. The van der Waals surface area contributed by atoms with Crippen molar-refractivity contribution >= 4 is 15.9 Å². The molecular weight excluding hydrogens is 322 g/mol. The van der Waals surface area contributed by atoms with Crippen LogP contribution in [0.3, 0.4) is 0 Å². The van der Waals surface area contributed by atoms with Crippen LogP contribution < -0.4 is 0 Å². The minimum Gasteiger partial charge on any atom is -0.500 e. The Labute approximate surface area is 134 Å². The van der Waals surface area contributed by atoms with Crippen LogP contribution in [-0.4, -0.2) is 66.5 Å². The predicted molar refractivity (Wildman–Crippen MR) is 79.2 cm³/mol. The number of hydrogen-bond donors (Lipinski definition) is 1. The minimum absolute atomic E-state index is 0.0197. The van der Waals surface area contributed by atoms with Gasteiger partial charge in [-0.2, -0.15) is 14.7 Å². The molecule has 2 rings (SSSR count). The van der Waals surface area contributed by atoms with Crippen molar-refractivity contribution in [1.29, 1.82) is 5.26 Å². The van der Waals surface area contributed by atoms with Gasteiger partial charge in [-0.25, -0.2) is 8.42 Å². The topological polar surface area (TPSA) is 119 Å². The number of ether oxygens (including phenoxy) is 1. The van der Waals surface area contributed by atoms with E-state index in [0.29, 0.717) is 6.61 Å². The zero-order valence-electron chi connectivity index (χ0n) is 12.6. The van der Waals surface area contributed by atoms with Crippen molar-refractivity contribution in [2.45, 2.75) is 11.9 Å². The van der Waals surface area contributed by atoms with Gasteiger partial charge in [0.05, 0.1) is 12.8 Å². The molecule has 2 heterocycles. The normalized spacial score (nSPS) is 16.9. The van der Waals surface area contributed by atoms with E-state index in [0.717, 1.165) is 6.26 Å². The lowest BCUT2D eigenvalue weighted by molar-refractivity contribution is -0.128. The van der Waals surface area contributed by atoms with Gasteiger partial charge in [-0.3, -0.25) is 9.89 Å². The van der Waals surface area contributed by atoms with Gasteiger partial charge in [-0.05, 0) is 13.0 Å². The number of H-pyrrole nitrogens is 1. The number of aromatic nitrogens is 2. The number of aromatic amines is 1. The summed E-state index contributed by atoms with van der Waals surface area (Å²) >= 11 is 0. The first-order valence-electron chi connectivity index (χ1n) is 7.01. The first-order chi connectivity index (χ1) is 11.0. The lowest BCUT2D eigenvalue weighted by atomic mass is 10.2. The molecule has 10 heteroatoms. The number of carbonyl (C=O) groups is 1.